The van der Waals surface area contributed by atoms with E-state index >= 15 is 0 Å². The number of benzene rings is 1. The zero-order valence-corrected chi connectivity index (χ0v) is 12.5. The lowest BCUT2D eigenvalue weighted by atomic mass is 9.99. The van der Waals surface area contributed by atoms with E-state index in [1.165, 1.54) is 0 Å². The van der Waals surface area contributed by atoms with E-state index in [-0.39, 0.29) is 11.9 Å². The number of carbonyl (C=O) groups excluding carboxylic acids is 1. The van der Waals surface area contributed by atoms with Gasteiger partial charge in [-0.1, -0.05) is 23.2 Å². The summed E-state index contributed by atoms with van der Waals surface area (Å²) in [5.74, 6) is 0.147. The van der Waals surface area contributed by atoms with Crippen molar-refractivity contribution >= 4 is 29.1 Å². The third kappa shape index (κ3) is 3.62. The van der Waals surface area contributed by atoms with Crippen LogP contribution < -0.4 is 5.73 Å². The third-order valence-corrected chi connectivity index (χ3v) is 3.97. The first-order valence-electron chi connectivity index (χ1n) is 6.47. The Labute approximate surface area is 123 Å². The first kappa shape index (κ1) is 14.6. The maximum Gasteiger partial charge on any atom is 0.222 e. The predicted molar refractivity (Wildman–Crippen MR) is 78.5 cm³/mol. The first-order valence-corrected chi connectivity index (χ1v) is 7.23. The lowest BCUT2D eigenvalue weighted by molar-refractivity contribution is -0.132. The van der Waals surface area contributed by atoms with Crippen molar-refractivity contribution in [2.45, 2.75) is 38.8 Å². The lowest BCUT2D eigenvalue weighted by Gasteiger charge is -2.30. The summed E-state index contributed by atoms with van der Waals surface area (Å²) in [6.45, 7) is 3.21. The molecule has 0 fully saturated rings. The van der Waals surface area contributed by atoms with Gasteiger partial charge in [0.2, 0.25) is 5.91 Å². The Morgan fingerprint density at radius 3 is 2.89 bits per heavy atom. The summed E-state index contributed by atoms with van der Waals surface area (Å²) in [7, 11) is 0. The zero-order valence-electron chi connectivity index (χ0n) is 11.0. The normalized spacial score (nSPS) is 16.1. The number of hydrogen-bond acceptors (Lipinski definition) is 2. The molecule has 0 saturated heterocycles. The molecule has 2 rings (SSSR count). The Hall–Kier alpha value is -0.770. The van der Waals surface area contributed by atoms with Crippen LogP contribution in [-0.2, 0) is 17.8 Å². The van der Waals surface area contributed by atoms with Crippen molar-refractivity contribution in [3.8, 4) is 0 Å². The number of fused-ring (bicyclic) bond motifs is 1. The molecule has 19 heavy (non-hydrogen) atoms. The third-order valence-electron chi connectivity index (χ3n) is 3.42. The van der Waals surface area contributed by atoms with E-state index in [4.69, 9.17) is 28.9 Å². The fraction of sp³-hybridized carbons (Fsp3) is 0.500. The van der Waals surface area contributed by atoms with Crippen molar-refractivity contribution in [3.63, 3.8) is 0 Å². The Bertz CT molecular complexity index is 489. The highest BCUT2D eigenvalue weighted by Crippen LogP contribution is 2.30. The van der Waals surface area contributed by atoms with Crippen LogP contribution in [0.4, 0.5) is 0 Å². The Morgan fingerprint density at radius 1 is 1.47 bits per heavy atom. The van der Waals surface area contributed by atoms with E-state index in [1.54, 1.807) is 6.07 Å². The molecule has 3 nitrogen and oxygen atoms in total. The van der Waals surface area contributed by atoms with Crippen LogP contribution in [0, 0.1) is 0 Å². The molecule has 0 spiro atoms. The SMILES string of the molecule is CC(N)CCC(=O)N1CCc2cc(Cl)cc(Cl)c2C1. The highest BCUT2D eigenvalue weighted by Gasteiger charge is 2.22. The summed E-state index contributed by atoms with van der Waals surface area (Å²) in [6, 6.07) is 3.73. The van der Waals surface area contributed by atoms with Crippen LogP contribution in [-0.4, -0.2) is 23.4 Å². The molecule has 104 valence electrons. The van der Waals surface area contributed by atoms with Gasteiger partial charge in [-0.2, -0.15) is 0 Å². The summed E-state index contributed by atoms with van der Waals surface area (Å²) in [5, 5.41) is 1.30. The van der Waals surface area contributed by atoms with Crippen LogP contribution in [0.3, 0.4) is 0 Å². The van der Waals surface area contributed by atoms with Crippen molar-refractivity contribution in [1.29, 1.82) is 0 Å². The minimum Gasteiger partial charge on any atom is -0.338 e. The van der Waals surface area contributed by atoms with E-state index in [0.717, 1.165) is 30.5 Å². The van der Waals surface area contributed by atoms with E-state index in [1.807, 2.05) is 17.9 Å². The van der Waals surface area contributed by atoms with Gasteiger partial charge in [0.15, 0.2) is 0 Å². The smallest absolute Gasteiger partial charge is 0.222 e. The number of rotatable bonds is 3. The second-order valence-electron chi connectivity index (χ2n) is 5.11. The van der Waals surface area contributed by atoms with Gasteiger partial charge in [0, 0.05) is 35.6 Å². The molecule has 1 atom stereocenters. The number of amides is 1. The number of carbonyl (C=O) groups is 1. The van der Waals surface area contributed by atoms with E-state index in [0.29, 0.717) is 23.0 Å². The highest BCUT2D eigenvalue weighted by atomic mass is 35.5. The van der Waals surface area contributed by atoms with Crippen LogP contribution in [0.25, 0.3) is 0 Å². The average molecular weight is 301 g/mol. The second kappa shape index (κ2) is 6.12. The number of hydrogen-bond donors (Lipinski definition) is 1. The largest absolute Gasteiger partial charge is 0.338 e. The molecule has 0 aromatic heterocycles. The van der Waals surface area contributed by atoms with Gasteiger partial charge in [-0.25, -0.2) is 0 Å². The molecular weight excluding hydrogens is 283 g/mol. The van der Waals surface area contributed by atoms with Crippen molar-refractivity contribution in [1.82, 2.24) is 4.90 Å². The maximum atomic E-state index is 12.1. The summed E-state index contributed by atoms with van der Waals surface area (Å²) in [6.07, 6.45) is 2.02. The molecule has 0 aliphatic carbocycles. The molecule has 0 radical (unpaired) electrons. The van der Waals surface area contributed by atoms with Crippen LogP contribution in [0.5, 0.6) is 0 Å². The minimum atomic E-state index is 0.0587. The van der Waals surface area contributed by atoms with Crippen LogP contribution in [0.1, 0.15) is 30.9 Å². The molecule has 2 N–H and O–H groups in total. The molecule has 1 aliphatic rings. The Morgan fingerprint density at radius 2 is 2.21 bits per heavy atom. The highest BCUT2D eigenvalue weighted by molar-refractivity contribution is 6.35. The summed E-state index contributed by atoms with van der Waals surface area (Å²) < 4.78 is 0. The topological polar surface area (TPSA) is 46.3 Å². The Balaban J connectivity index is 2.07. The standard InChI is InChI=1S/C14H18Cl2N2O/c1-9(17)2-3-14(19)18-5-4-10-6-11(15)7-13(16)12(10)8-18/h6-7,9H,2-5,8,17H2,1H3. The van der Waals surface area contributed by atoms with E-state index in [9.17, 15) is 4.79 Å². The first-order chi connectivity index (χ1) is 8.97. The molecule has 0 bridgehead atoms. The molecule has 1 aromatic rings. The molecular formula is C14H18Cl2N2O. The van der Waals surface area contributed by atoms with Crippen LogP contribution in [0.15, 0.2) is 12.1 Å². The van der Waals surface area contributed by atoms with Crippen molar-refractivity contribution in [2.75, 3.05) is 6.54 Å². The van der Waals surface area contributed by atoms with Gasteiger partial charge in [-0.05, 0) is 43.0 Å². The van der Waals surface area contributed by atoms with Gasteiger partial charge in [-0.15, -0.1) is 0 Å². The molecule has 1 heterocycles. The molecule has 5 heteroatoms. The fourth-order valence-electron chi connectivity index (χ4n) is 2.30. The monoisotopic (exact) mass is 300 g/mol. The van der Waals surface area contributed by atoms with Gasteiger partial charge in [-0.3, -0.25) is 4.79 Å². The van der Waals surface area contributed by atoms with Crippen molar-refractivity contribution in [2.24, 2.45) is 5.73 Å². The second-order valence-corrected chi connectivity index (χ2v) is 5.95. The fourth-order valence-corrected chi connectivity index (χ4v) is 2.90. The maximum absolute atomic E-state index is 12.1. The van der Waals surface area contributed by atoms with E-state index in [2.05, 4.69) is 0 Å². The van der Waals surface area contributed by atoms with Gasteiger partial charge in [0.05, 0.1) is 0 Å². The predicted octanol–water partition coefficient (Wildman–Crippen LogP) is 3.01. The molecule has 1 aliphatic heterocycles. The van der Waals surface area contributed by atoms with Gasteiger partial charge >= 0.3 is 0 Å². The van der Waals surface area contributed by atoms with Crippen LogP contribution >= 0.6 is 23.2 Å². The van der Waals surface area contributed by atoms with Crippen molar-refractivity contribution < 1.29 is 4.79 Å². The van der Waals surface area contributed by atoms with Gasteiger partial charge in [0.1, 0.15) is 0 Å². The molecule has 1 amide bonds. The number of halogens is 2. The summed E-state index contributed by atoms with van der Waals surface area (Å²) in [4.78, 5) is 13.9. The average Bonchev–Trinajstić information content (AvgIpc) is 2.35. The summed E-state index contributed by atoms with van der Waals surface area (Å²) in [5.41, 5.74) is 7.85. The van der Waals surface area contributed by atoms with E-state index < -0.39 is 0 Å². The summed E-state index contributed by atoms with van der Waals surface area (Å²) >= 11 is 12.2. The van der Waals surface area contributed by atoms with Gasteiger partial charge < -0.3 is 10.6 Å². The molecule has 1 unspecified atom stereocenters. The zero-order chi connectivity index (χ0) is 14.0. The van der Waals surface area contributed by atoms with Crippen molar-refractivity contribution in [3.05, 3.63) is 33.3 Å². The number of nitrogens with two attached hydrogens (primary N) is 1. The lowest BCUT2D eigenvalue weighted by Crippen LogP contribution is -2.36. The molecule has 1 aromatic carbocycles. The minimum absolute atomic E-state index is 0.0587. The number of nitrogens with zero attached hydrogens (tertiary/aromatic N) is 1. The Kier molecular flexibility index (Phi) is 4.71. The quantitative estimate of drug-likeness (QED) is 0.933. The molecule has 0 saturated carbocycles. The van der Waals surface area contributed by atoms with Crippen LogP contribution in [0.2, 0.25) is 10.0 Å². The van der Waals surface area contributed by atoms with Gasteiger partial charge in [0.25, 0.3) is 0 Å².